The van der Waals surface area contributed by atoms with E-state index in [-0.39, 0.29) is 5.91 Å². The maximum Gasteiger partial charge on any atom is 0.272 e. The highest BCUT2D eigenvalue weighted by molar-refractivity contribution is 6.09. The molecule has 0 aliphatic heterocycles. The molecule has 0 saturated heterocycles. The molecule has 1 aromatic heterocycles. The van der Waals surface area contributed by atoms with E-state index in [1.165, 1.54) is 10.9 Å². The third-order valence-corrected chi connectivity index (χ3v) is 5.04. The maximum atomic E-state index is 13.1. The number of hydrogen-bond donors (Lipinski definition) is 1. The second-order valence-electron chi connectivity index (χ2n) is 6.64. The van der Waals surface area contributed by atoms with Gasteiger partial charge in [0.15, 0.2) is 0 Å². The van der Waals surface area contributed by atoms with Crippen LogP contribution in [0.25, 0.3) is 10.9 Å². The van der Waals surface area contributed by atoms with Gasteiger partial charge in [0.1, 0.15) is 5.69 Å². The number of nitrogens with zero attached hydrogens (tertiary/aromatic N) is 1. The number of carbonyl (C=O) groups excluding carboxylic acids is 1. The summed E-state index contributed by atoms with van der Waals surface area (Å²) in [5.41, 5.74) is 7.31. The quantitative estimate of drug-likeness (QED) is 0.681. The molecule has 1 heterocycles. The normalized spacial score (nSPS) is 11.1. The van der Waals surface area contributed by atoms with Gasteiger partial charge in [-0.05, 0) is 68.5 Å². The van der Waals surface area contributed by atoms with Gasteiger partial charge in [-0.15, -0.1) is 0 Å². The molecule has 0 unspecified atom stereocenters. The van der Waals surface area contributed by atoms with Gasteiger partial charge in [-0.1, -0.05) is 31.2 Å². The molecule has 0 atom stereocenters. The van der Waals surface area contributed by atoms with Crippen LogP contribution in [0.4, 0.5) is 5.69 Å². The Labute approximate surface area is 149 Å². The molecule has 0 saturated carbocycles. The zero-order valence-corrected chi connectivity index (χ0v) is 15.7. The van der Waals surface area contributed by atoms with Crippen LogP contribution in [0.15, 0.2) is 36.4 Å². The van der Waals surface area contributed by atoms with Gasteiger partial charge in [0, 0.05) is 23.1 Å². The highest BCUT2D eigenvalue weighted by atomic mass is 16.2. The summed E-state index contributed by atoms with van der Waals surface area (Å²) >= 11 is 0. The summed E-state index contributed by atoms with van der Waals surface area (Å²) in [7, 11) is 0. The van der Waals surface area contributed by atoms with Crippen molar-refractivity contribution in [2.24, 2.45) is 0 Å². The maximum absolute atomic E-state index is 13.1. The van der Waals surface area contributed by atoms with E-state index in [0.717, 1.165) is 46.6 Å². The topological polar surface area (TPSA) is 34.0 Å². The molecular weight excluding hydrogens is 308 g/mol. The van der Waals surface area contributed by atoms with E-state index in [4.69, 9.17) is 0 Å². The van der Waals surface area contributed by atoms with Crippen LogP contribution in [-0.2, 0) is 13.0 Å². The van der Waals surface area contributed by atoms with Gasteiger partial charge in [-0.2, -0.15) is 0 Å². The van der Waals surface area contributed by atoms with Crippen molar-refractivity contribution in [3.8, 4) is 0 Å². The van der Waals surface area contributed by atoms with Crippen molar-refractivity contribution in [3.63, 3.8) is 0 Å². The first-order chi connectivity index (χ1) is 12.0. The molecule has 1 N–H and O–H groups in total. The first-order valence-corrected chi connectivity index (χ1v) is 8.97. The SMILES string of the molecule is CCc1ccc2c(c1)c(C)c(C(=O)Nc1c(C)cccc1C)n2CC. The van der Waals surface area contributed by atoms with Gasteiger partial charge in [0.25, 0.3) is 5.91 Å². The molecular formula is C22H26N2O. The minimum absolute atomic E-state index is 0.0361. The zero-order chi connectivity index (χ0) is 18.1. The van der Waals surface area contributed by atoms with Gasteiger partial charge < -0.3 is 9.88 Å². The molecule has 0 spiro atoms. The van der Waals surface area contributed by atoms with Crippen LogP contribution in [0.5, 0.6) is 0 Å². The van der Waals surface area contributed by atoms with Crippen LogP contribution >= 0.6 is 0 Å². The third kappa shape index (κ3) is 2.95. The van der Waals surface area contributed by atoms with Crippen molar-refractivity contribution in [3.05, 3.63) is 64.3 Å². The number of benzene rings is 2. The smallest absolute Gasteiger partial charge is 0.272 e. The summed E-state index contributed by atoms with van der Waals surface area (Å²) in [5, 5.41) is 4.31. The van der Waals surface area contributed by atoms with Crippen LogP contribution in [0.3, 0.4) is 0 Å². The average molecular weight is 334 g/mol. The molecule has 2 aromatic carbocycles. The molecule has 0 fully saturated rings. The van der Waals surface area contributed by atoms with E-state index in [1.54, 1.807) is 0 Å². The van der Waals surface area contributed by atoms with Gasteiger partial charge >= 0.3 is 0 Å². The standard InChI is InChI=1S/C22H26N2O/c1-6-17-11-12-19-18(13-17)16(5)21(24(19)7-2)22(25)23-20-14(3)9-8-10-15(20)4/h8-13H,6-7H2,1-5H3,(H,23,25). The number of carbonyl (C=O) groups is 1. The number of amides is 1. The Hall–Kier alpha value is -2.55. The Kier molecular flexibility index (Phi) is 4.67. The van der Waals surface area contributed by atoms with Gasteiger partial charge in [0.05, 0.1) is 0 Å². The van der Waals surface area contributed by atoms with Gasteiger partial charge in [0.2, 0.25) is 0 Å². The molecule has 0 aliphatic carbocycles. The van der Waals surface area contributed by atoms with Crippen LogP contribution in [0, 0.1) is 20.8 Å². The van der Waals surface area contributed by atoms with Crippen LogP contribution in [0.1, 0.15) is 46.6 Å². The lowest BCUT2D eigenvalue weighted by molar-refractivity contribution is 0.101. The fraction of sp³-hybridized carbons (Fsp3) is 0.318. The van der Waals surface area contributed by atoms with Crippen LogP contribution in [-0.4, -0.2) is 10.5 Å². The van der Waals surface area contributed by atoms with E-state index in [0.29, 0.717) is 0 Å². The summed E-state index contributed by atoms with van der Waals surface area (Å²) in [5.74, 6) is -0.0361. The molecule has 0 bridgehead atoms. The average Bonchev–Trinajstić information content (AvgIpc) is 2.89. The number of rotatable bonds is 4. The second kappa shape index (κ2) is 6.75. The van der Waals surface area contributed by atoms with Crippen molar-refractivity contribution in [2.45, 2.75) is 47.6 Å². The molecule has 3 heteroatoms. The Morgan fingerprint density at radius 2 is 1.72 bits per heavy atom. The Balaban J connectivity index is 2.11. The summed E-state index contributed by atoms with van der Waals surface area (Å²) in [6, 6.07) is 12.6. The van der Waals surface area contributed by atoms with E-state index in [2.05, 4.69) is 41.9 Å². The fourth-order valence-electron chi connectivity index (χ4n) is 3.59. The predicted molar refractivity (Wildman–Crippen MR) is 106 cm³/mol. The largest absolute Gasteiger partial charge is 0.337 e. The first kappa shape index (κ1) is 17.3. The lowest BCUT2D eigenvalue weighted by atomic mass is 10.1. The molecule has 1 amide bonds. The Morgan fingerprint density at radius 3 is 2.32 bits per heavy atom. The molecule has 3 rings (SSSR count). The van der Waals surface area contributed by atoms with Crippen molar-refractivity contribution in [1.82, 2.24) is 4.57 Å². The predicted octanol–water partition coefficient (Wildman–Crippen LogP) is 5.40. The zero-order valence-electron chi connectivity index (χ0n) is 15.7. The number of nitrogens with one attached hydrogen (secondary N) is 1. The van der Waals surface area contributed by atoms with E-state index in [1.807, 2.05) is 39.0 Å². The number of para-hydroxylation sites is 1. The van der Waals surface area contributed by atoms with E-state index >= 15 is 0 Å². The molecule has 25 heavy (non-hydrogen) atoms. The van der Waals surface area contributed by atoms with E-state index < -0.39 is 0 Å². The summed E-state index contributed by atoms with van der Waals surface area (Å²) < 4.78 is 2.12. The Bertz CT molecular complexity index is 930. The summed E-state index contributed by atoms with van der Waals surface area (Å²) in [6.07, 6.45) is 0.997. The first-order valence-electron chi connectivity index (χ1n) is 8.97. The molecule has 3 nitrogen and oxygen atoms in total. The van der Waals surface area contributed by atoms with Crippen molar-refractivity contribution in [1.29, 1.82) is 0 Å². The lowest BCUT2D eigenvalue weighted by Crippen LogP contribution is -2.19. The number of aryl methyl sites for hydroxylation is 5. The van der Waals surface area contributed by atoms with Crippen molar-refractivity contribution in [2.75, 3.05) is 5.32 Å². The van der Waals surface area contributed by atoms with Crippen LogP contribution < -0.4 is 5.32 Å². The highest BCUT2D eigenvalue weighted by Gasteiger charge is 2.20. The summed E-state index contributed by atoms with van der Waals surface area (Å²) in [6.45, 7) is 11.1. The van der Waals surface area contributed by atoms with Crippen molar-refractivity contribution < 1.29 is 4.79 Å². The van der Waals surface area contributed by atoms with Gasteiger partial charge in [-0.3, -0.25) is 4.79 Å². The number of aromatic nitrogens is 1. The van der Waals surface area contributed by atoms with Crippen LogP contribution in [0.2, 0.25) is 0 Å². The lowest BCUT2D eigenvalue weighted by Gasteiger charge is -2.13. The number of hydrogen-bond acceptors (Lipinski definition) is 1. The third-order valence-electron chi connectivity index (χ3n) is 5.04. The fourth-order valence-corrected chi connectivity index (χ4v) is 3.59. The summed E-state index contributed by atoms with van der Waals surface area (Å²) in [4.78, 5) is 13.1. The second-order valence-corrected chi connectivity index (χ2v) is 6.64. The molecule has 130 valence electrons. The molecule has 0 radical (unpaired) electrons. The van der Waals surface area contributed by atoms with E-state index in [9.17, 15) is 4.79 Å². The highest BCUT2D eigenvalue weighted by Crippen LogP contribution is 2.28. The minimum atomic E-state index is -0.0361. The molecule has 3 aromatic rings. The number of fused-ring (bicyclic) bond motifs is 1. The number of anilines is 1. The van der Waals surface area contributed by atoms with Gasteiger partial charge in [-0.25, -0.2) is 0 Å². The Morgan fingerprint density at radius 1 is 1.04 bits per heavy atom. The van der Waals surface area contributed by atoms with Crippen molar-refractivity contribution >= 4 is 22.5 Å². The molecule has 0 aliphatic rings. The monoisotopic (exact) mass is 334 g/mol. The minimum Gasteiger partial charge on any atom is -0.337 e.